The Morgan fingerprint density at radius 1 is 1.50 bits per heavy atom. The molecule has 1 aliphatic heterocycles. The number of fused-ring (bicyclic) bond motifs is 1. The summed E-state index contributed by atoms with van der Waals surface area (Å²) in [5.41, 5.74) is 0.975. The van der Waals surface area contributed by atoms with Crippen LogP contribution in [0.15, 0.2) is 18.2 Å². The second-order valence-corrected chi connectivity index (χ2v) is 4.11. The fraction of sp³-hybridized carbons (Fsp3) is 0.357. The van der Waals surface area contributed by atoms with Crippen molar-refractivity contribution in [2.45, 2.75) is 19.8 Å². The van der Waals surface area contributed by atoms with Crippen LogP contribution < -0.4 is 9.47 Å². The van der Waals surface area contributed by atoms with Crippen molar-refractivity contribution in [3.8, 4) is 11.5 Å². The van der Waals surface area contributed by atoms with Gasteiger partial charge in [-0.05, 0) is 24.6 Å². The van der Waals surface area contributed by atoms with E-state index in [4.69, 9.17) is 14.6 Å². The highest BCUT2D eigenvalue weighted by molar-refractivity contribution is 5.90. The number of carbonyl (C=O) groups is 1. The molecule has 1 aromatic rings. The average Bonchev–Trinajstić information content (AvgIpc) is 2.38. The van der Waals surface area contributed by atoms with Crippen LogP contribution in [0.2, 0.25) is 0 Å². The Labute approximate surface area is 106 Å². The lowest BCUT2D eigenvalue weighted by Gasteiger charge is -2.17. The first kappa shape index (κ1) is 12.5. The highest BCUT2D eigenvalue weighted by Gasteiger charge is 2.17. The van der Waals surface area contributed by atoms with Gasteiger partial charge in [0.1, 0.15) is 6.61 Å². The van der Waals surface area contributed by atoms with Crippen LogP contribution >= 0.6 is 0 Å². The highest BCUT2D eigenvalue weighted by atomic mass is 16.5. The molecule has 0 fully saturated rings. The van der Waals surface area contributed by atoms with E-state index in [0.717, 1.165) is 18.4 Å². The van der Waals surface area contributed by atoms with Crippen LogP contribution in [0, 0.1) is 0 Å². The second-order valence-electron chi connectivity index (χ2n) is 4.11. The van der Waals surface area contributed by atoms with Gasteiger partial charge in [-0.1, -0.05) is 19.4 Å². The minimum absolute atomic E-state index is 0.218. The number of benzene rings is 1. The molecule has 0 saturated heterocycles. The number of carboxylic acid groups (broad SMARTS) is 1. The van der Waals surface area contributed by atoms with Gasteiger partial charge >= 0.3 is 5.97 Å². The first-order valence-corrected chi connectivity index (χ1v) is 6.06. The predicted molar refractivity (Wildman–Crippen MR) is 68.3 cm³/mol. The van der Waals surface area contributed by atoms with Crippen molar-refractivity contribution in [1.29, 1.82) is 0 Å². The fourth-order valence-corrected chi connectivity index (χ4v) is 1.77. The summed E-state index contributed by atoms with van der Waals surface area (Å²) < 4.78 is 11.1. The van der Waals surface area contributed by atoms with E-state index in [1.807, 2.05) is 12.2 Å². The van der Waals surface area contributed by atoms with E-state index in [0.29, 0.717) is 24.7 Å². The lowest BCUT2D eigenvalue weighted by atomic mass is 10.1. The van der Waals surface area contributed by atoms with Crippen LogP contribution in [0.3, 0.4) is 0 Å². The summed E-state index contributed by atoms with van der Waals surface area (Å²) in [6.45, 7) is 3.13. The third-order valence-corrected chi connectivity index (χ3v) is 2.71. The molecular weight excluding hydrogens is 232 g/mol. The minimum atomic E-state index is -0.961. The molecule has 0 bridgehead atoms. The Balaban J connectivity index is 2.33. The predicted octanol–water partition coefficient (Wildman–Crippen LogP) is 2.97. The molecule has 0 aliphatic carbocycles. The van der Waals surface area contributed by atoms with Crippen LogP contribution in [-0.4, -0.2) is 24.3 Å². The van der Waals surface area contributed by atoms with Crippen molar-refractivity contribution in [2.24, 2.45) is 0 Å². The molecule has 1 aromatic carbocycles. The molecule has 0 spiro atoms. The SMILES string of the molecule is CCCCOc1cc(C(=O)O)cc2c1OCC=C2. The fourth-order valence-electron chi connectivity index (χ4n) is 1.77. The lowest BCUT2D eigenvalue weighted by molar-refractivity contribution is 0.0696. The van der Waals surface area contributed by atoms with Gasteiger partial charge in [-0.25, -0.2) is 4.79 Å². The second kappa shape index (κ2) is 5.58. The number of hydrogen-bond donors (Lipinski definition) is 1. The number of hydrogen-bond acceptors (Lipinski definition) is 3. The van der Waals surface area contributed by atoms with E-state index in [9.17, 15) is 4.79 Å². The molecule has 0 unspecified atom stereocenters. The van der Waals surface area contributed by atoms with E-state index < -0.39 is 5.97 Å². The molecule has 0 saturated carbocycles. The zero-order valence-electron chi connectivity index (χ0n) is 10.3. The van der Waals surface area contributed by atoms with E-state index in [1.54, 1.807) is 6.07 Å². The Morgan fingerprint density at radius 3 is 3.06 bits per heavy atom. The number of ether oxygens (including phenoxy) is 2. The summed E-state index contributed by atoms with van der Waals surface area (Å²) in [6, 6.07) is 3.12. The zero-order valence-corrected chi connectivity index (χ0v) is 10.3. The largest absolute Gasteiger partial charge is 0.490 e. The van der Waals surface area contributed by atoms with Crippen molar-refractivity contribution < 1.29 is 19.4 Å². The summed E-state index contributed by atoms with van der Waals surface area (Å²) in [7, 11) is 0. The van der Waals surface area contributed by atoms with Crippen molar-refractivity contribution >= 4 is 12.0 Å². The van der Waals surface area contributed by atoms with Crippen molar-refractivity contribution in [3.05, 3.63) is 29.3 Å². The van der Waals surface area contributed by atoms with E-state index >= 15 is 0 Å². The van der Waals surface area contributed by atoms with Crippen LogP contribution in [0.4, 0.5) is 0 Å². The molecule has 4 nitrogen and oxygen atoms in total. The Hall–Kier alpha value is -1.97. The maximum atomic E-state index is 11.0. The zero-order chi connectivity index (χ0) is 13.0. The molecular formula is C14H16O4. The summed E-state index contributed by atoms with van der Waals surface area (Å²) in [5, 5.41) is 9.06. The summed E-state index contributed by atoms with van der Waals surface area (Å²) >= 11 is 0. The summed E-state index contributed by atoms with van der Waals surface area (Å²) in [5.74, 6) is 0.193. The van der Waals surface area contributed by atoms with Crippen molar-refractivity contribution in [1.82, 2.24) is 0 Å². The van der Waals surface area contributed by atoms with Gasteiger partial charge < -0.3 is 14.6 Å². The van der Waals surface area contributed by atoms with Gasteiger partial charge in [0.05, 0.1) is 12.2 Å². The van der Waals surface area contributed by atoms with Gasteiger partial charge in [-0.15, -0.1) is 0 Å². The van der Waals surface area contributed by atoms with Crippen LogP contribution in [0.1, 0.15) is 35.7 Å². The van der Waals surface area contributed by atoms with Crippen LogP contribution in [-0.2, 0) is 0 Å². The van der Waals surface area contributed by atoms with Gasteiger partial charge in [0.25, 0.3) is 0 Å². The van der Waals surface area contributed by atoms with Crippen LogP contribution in [0.25, 0.3) is 6.08 Å². The van der Waals surface area contributed by atoms with Gasteiger partial charge in [0, 0.05) is 5.56 Å². The minimum Gasteiger partial charge on any atom is -0.490 e. The summed E-state index contributed by atoms with van der Waals surface area (Å²) in [6.07, 6.45) is 5.67. The standard InChI is InChI=1S/C14H16O4/c1-2-3-6-17-12-9-11(14(15)16)8-10-5-4-7-18-13(10)12/h4-5,8-9H,2-3,6-7H2,1H3,(H,15,16). The molecule has 0 aromatic heterocycles. The average molecular weight is 248 g/mol. The van der Waals surface area contributed by atoms with E-state index in [2.05, 4.69) is 6.92 Å². The molecule has 0 amide bonds. The number of unbranched alkanes of at least 4 members (excludes halogenated alkanes) is 1. The number of aromatic carboxylic acids is 1. The molecule has 1 heterocycles. The third kappa shape index (κ3) is 2.64. The molecule has 4 heteroatoms. The lowest BCUT2D eigenvalue weighted by Crippen LogP contribution is -2.07. The molecule has 96 valence electrons. The number of carboxylic acids is 1. The molecule has 1 N–H and O–H groups in total. The summed E-state index contributed by atoms with van der Waals surface area (Å²) in [4.78, 5) is 11.0. The topological polar surface area (TPSA) is 55.8 Å². The molecule has 1 aliphatic rings. The third-order valence-electron chi connectivity index (χ3n) is 2.71. The smallest absolute Gasteiger partial charge is 0.335 e. The van der Waals surface area contributed by atoms with Crippen molar-refractivity contribution in [2.75, 3.05) is 13.2 Å². The van der Waals surface area contributed by atoms with Gasteiger partial charge in [-0.2, -0.15) is 0 Å². The van der Waals surface area contributed by atoms with Crippen molar-refractivity contribution in [3.63, 3.8) is 0 Å². The first-order chi connectivity index (χ1) is 8.72. The maximum absolute atomic E-state index is 11.0. The Kier molecular flexibility index (Phi) is 3.87. The molecule has 2 rings (SSSR count). The van der Waals surface area contributed by atoms with Gasteiger partial charge in [0.15, 0.2) is 11.5 Å². The molecule has 0 radical (unpaired) electrons. The molecule has 0 atom stereocenters. The van der Waals surface area contributed by atoms with E-state index in [-0.39, 0.29) is 5.56 Å². The van der Waals surface area contributed by atoms with Gasteiger partial charge in [-0.3, -0.25) is 0 Å². The monoisotopic (exact) mass is 248 g/mol. The highest BCUT2D eigenvalue weighted by Crippen LogP contribution is 2.36. The molecule has 18 heavy (non-hydrogen) atoms. The Morgan fingerprint density at radius 2 is 2.33 bits per heavy atom. The number of rotatable bonds is 5. The Bertz CT molecular complexity index is 477. The van der Waals surface area contributed by atoms with Gasteiger partial charge in [0.2, 0.25) is 0 Å². The quantitative estimate of drug-likeness (QED) is 0.814. The van der Waals surface area contributed by atoms with Crippen LogP contribution in [0.5, 0.6) is 11.5 Å². The van der Waals surface area contributed by atoms with E-state index in [1.165, 1.54) is 6.07 Å². The maximum Gasteiger partial charge on any atom is 0.335 e. The first-order valence-electron chi connectivity index (χ1n) is 6.06. The normalized spacial score (nSPS) is 12.7.